The number of nitrogens with one attached hydrogen (secondary N) is 1. The standard InChI is InChI=1S/C13H12Br2N2O/c1-18-13-9(3-2-6-16-13)8-17-12-7-10(14)4-5-11(12)15/h2-7,17H,8H2,1H3. The molecule has 0 bridgehead atoms. The Bertz CT molecular complexity index is 546. The van der Waals surface area contributed by atoms with E-state index in [-0.39, 0.29) is 0 Å². The molecule has 0 unspecified atom stereocenters. The van der Waals surface area contributed by atoms with Gasteiger partial charge in [-0.05, 0) is 40.2 Å². The topological polar surface area (TPSA) is 34.1 Å². The minimum atomic E-state index is 0.649. The van der Waals surface area contributed by atoms with Crippen LogP contribution in [0.4, 0.5) is 5.69 Å². The van der Waals surface area contributed by atoms with Gasteiger partial charge in [0, 0.05) is 32.9 Å². The summed E-state index contributed by atoms with van der Waals surface area (Å²) >= 11 is 6.96. The Balaban J connectivity index is 2.14. The molecule has 0 amide bonds. The third kappa shape index (κ3) is 3.23. The number of anilines is 1. The summed E-state index contributed by atoms with van der Waals surface area (Å²) in [4.78, 5) is 4.17. The van der Waals surface area contributed by atoms with Crippen molar-refractivity contribution in [3.63, 3.8) is 0 Å². The van der Waals surface area contributed by atoms with Crippen LogP contribution in [0.5, 0.6) is 5.88 Å². The molecule has 0 aliphatic heterocycles. The van der Waals surface area contributed by atoms with E-state index in [9.17, 15) is 0 Å². The summed E-state index contributed by atoms with van der Waals surface area (Å²) in [7, 11) is 1.63. The van der Waals surface area contributed by atoms with E-state index in [1.54, 1.807) is 13.3 Å². The van der Waals surface area contributed by atoms with Crippen LogP contribution in [0, 0.1) is 0 Å². The van der Waals surface area contributed by atoms with Crippen molar-refractivity contribution in [2.45, 2.75) is 6.54 Å². The van der Waals surface area contributed by atoms with Gasteiger partial charge in [-0.25, -0.2) is 4.98 Å². The Morgan fingerprint density at radius 3 is 2.89 bits per heavy atom. The molecule has 0 radical (unpaired) electrons. The van der Waals surface area contributed by atoms with Crippen molar-refractivity contribution in [2.75, 3.05) is 12.4 Å². The molecule has 18 heavy (non-hydrogen) atoms. The van der Waals surface area contributed by atoms with Gasteiger partial charge in [-0.3, -0.25) is 0 Å². The molecule has 2 aromatic rings. The van der Waals surface area contributed by atoms with Gasteiger partial charge in [-0.1, -0.05) is 22.0 Å². The Kier molecular flexibility index (Phi) is 4.60. The molecule has 1 N–H and O–H groups in total. The maximum absolute atomic E-state index is 5.22. The van der Waals surface area contributed by atoms with E-state index in [1.807, 2.05) is 30.3 Å². The third-order valence-corrected chi connectivity index (χ3v) is 3.63. The van der Waals surface area contributed by atoms with Crippen LogP contribution in [-0.4, -0.2) is 12.1 Å². The summed E-state index contributed by atoms with van der Waals surface area (Å²) in [6.45, 7) is 0.659. The summed E-state index contributed by atoms with van der Waals surface area (Å²) in [5.74, 6) is 0.649. The Hall–Kier alpha value is -1.07. The first kappa shape index (κ1) is 13.4. The highest BCUT2D eigenvalue weighted by Gasteiger charge is 2.05. The van der Waals surface area contributed by atoms with Crippen LogP contribution in [0.3, 0.4) is 0 Å². The molecule has 0 fully saturated rings. The first-order chi connectivity index (χ1) is 8.70. The molecule has 0 saturated heterocycles. The molecule has 0 aliphatic rings. The van der Waals surface area contributed by atoms with Gasteiger partial charge in [0.25, 0.3) is 0 Å². The lowest BCUT2D eigenvalue weighted by Gasteiger charge is -2.11. The number of hydrogen-bond acceptors (Lipinski definition) is 3. The second-order valence-electron chi connectivity index (χ2n) is 3.65. The zero-order valence-electron chi connectivity index (χ0n) is 9.78. The number of aromatic nitrogens is 1. The second-order valence-corrected chi connectivity index (χ2v) is 5.42. The van der Waals surface area contributed by atoms with E-state index >= 15 is 0 Å². The van der Waals surface area contributed by atoms with Crippen LogP contribution in [0.15, 0.2) is 45.5 Å². The quantitative estimate of drug-likeness (QED) is 0.873. The predicted molar refractivity (Wildman–Crippen MR) is 80.0 cm³/mol. The number of pyridine rings is 1. The summed E-state index contributed by atoms with van der Waals surface area (Å²) in [5, 5.41) is 3.35. The Labute approximate surface area is 123 Å². The van der Waals surface area contributed by atoms with Gasteiger partial charge in [0.1, 0.15) is 0 Å². The van der Waals surface area contributed by atoms with Gasteiger partial charge in [0.05, 0.1) is 7.11 Å². The number of ether oxygens (including phenoxy) is 1. The van der Waals surface area contributed by atoms with E-state index < -0.39 is 0 Å². The van der Waals surface area contributed by atoms with Crippen LogP contribution in [0.1, 0.15) is 5.56 Å². The fourth-order valence-electron chi connectivity index (χ4n) is 1.57. The Morgan fingerprint density at radius 2 is 2.11 bits per heavy atom. The molecule has 1 aromatic carbocycles. The van der Waals surface area contributed by atoms with Gasteiger partial charge in [-0.15, -0.1) is 0 Å². The highest BCUT2D eigenvalue weighted by atomic mass is 79.9. The van der Waals surface area contributed by atoms with Gasteiger partial charge >= 0.3 is 0 Å². The average molecular weight is 372 g/mol. The molecule has 0 atom stereocenters. The van der Waals surface area contributed by atoms with Crippen molar-refractivity contribution in [1.29, 1.82) is 0 Å². The fourth-order valence-corrected chi connectivity index (χ4v) is 2.31. The van der Waals surface area contributed by atoms with Crippen molar-refractivity contribution >= 4 is 37.5 Å². The van der Waals surface area contributed by atoms with Crippen LogP contribution in [0.2, 0.25) is 0 Å². The van der Waals surface area contributed by atoms with Crippen LogP contribution in [0.25, 0.3) is 0 Å². The number of halogens is 2. The number of methoxy groups -OCH3 is 1. The van der Waals surface area contributed by atoms with E-state index in [0.29, 0.717) is 12.4 Å². The largest absolute Gasteiger partial charge is 0.481 e. The Morgan fingerprint density at radius 1 is 1.28 bits per heavy atom. The molecule has 5 heteroatoms. The van der Waals surface area contributed by atoms with Crippen molar-refractivity contribution in [1.82, 2.24) is 4.98 Å². The zero-order chi connectivity index (χ0) is 13.0. The second kappa shape index (κ2) is 6.20. The van der Waals surface area contributed by atoms with E-state index in [1.165, 1.54) is 0 Å². The van der Waals surface area contributed by atoms with Crippen LogP contribution < -0.4 is 10.1 Å². The normalized spacial score (nSPS) is 10.2. The number of hydrogen-bond donors (Lipinski definition) is 1. The number of rotatable bonds is 4. The smallest absolute Gasteiger partial charge is 0.218 e. The number of benzene rings is 1. The van der Waals surface area contributed by atoms with E-state index in [4.69, 9.17) is 4.74 Å². The van der Waals surface area contributed by atoms with Crippen molar-refractivity contribution in [2.24, 2.45) is 0 Å². The monoisotopic (exact) mass is 370 g/mol. The highest BCUT2D eigenvalue weighted by molar-refractivity contribution is 9.11. The SMILES string of the molecule is COc1ncccc1CNc1cc(Br)ccc1Br. The van der Waals surface area contributed by atoms with E-state index in [2.05, 4.69) is 42.2 Å². The molecule has 0 spiro atoms. The van der Waals surface area contributed by atoms with Gasteiger partial charge in [-0.2, -0.15) is 0 Å². The minimum Gasteiger partial charge on any atom is -0.481 e. The molecule has 1 heterocycles. The van der Waals surface area contributed by atoms with Gasteiger partial charge in [0.15, 0.2) is 0 Å². The first-order valence-corrected chi connectivity index (χ1v) is 6.96. The summed E-state index contributed by atoms with van der Waals surface area (Å²) in [6.07, 6.45) is 1.72. The molecular weight excluding hydrogens is 360 g/mol. The summed E-state index contributed by atoms with van der Waals surface area (Å²) in [5.41, 5.74) is 2.04. The number of nitrogens with zero attached hydrogens (tertiary/aromatic N) is 1. The predicted octanol–water partition coefficient (Wildman–Crippen LogP) is 4.23. The maximum atomic E-state index is 5.22. The first-order valence-electron chi connectivity index (χ1n) is 5.37. The maximum Gasteiger partial charge on any atom is 0.218 e. The lowest BCUT2D eigenvalue weighted by molar-refractivity contribution is 0.393. The molecular formula is C13H12Br2N2O. The van der Waals surface area contributed by atoms with Crippen molar-refractivity contribution < 1.29 is 4.74 Å². The van der Waals surface area contributed by atoms with Crippen LogP contribution >= 0.6 is 31.9 Å². The summed E-state index contributed by atoms with van der Waals surface area (Å²) in [6, 6.07) is 9.89. The molecule has 0 saturated carbocycles. The van der Waals surface area contributed by atoms with E-state index in [0.717, 1.165) is 20.2 Å². The summed E-state index contributed by atoms with van der Waals surface area (Å²) < 4.78 is 7.27. The minimum absolute atomic E-state index is 0.649. The molecule has 1 aromatic heterocycles. The lowest BCUT2D eigenvalue weighted by atomic mass is 10.2. The van der Waals surface area contributed by atoms with Crippen molar-refractivity contribution in [3.05, 3.63) is 51.0 Å². The van der Waals surface area contributed by atoms with Gasteiger partial charge < -0.3 is 10.1 Å². The fraction of sp³-hybridized carbons (Fsp3) is 0.154. The molecule has 94 valence electrons. The van der Waals surface area contributed by atoms with Crippen LogP contribution in [-0.2, 0) is 6.54 Å². The molecule has 3 nitrogen and oxygen atoms in total. The molecule has 0 aliphatic carbocycles. The van der Waals surface area contributed by atoms with Gasteiger partial charge in [0.2, 0.25) is 5.88 Å². The highest BCUT2D eigenvalue weighted by Crippen LogP contribution is 2.27. The third-order valence-electron chi connectivity index (χ3n) is 2.44. The lowest BCUT2D eigenvalue weighted by Crippen LogP contribution is -2.03. The zero-order valence-corrected chi connectivity index (χ0v) is 13.0. The average Bonchev–Trinajstić information content (AvgIpc) is 2.40. The molecule has 2 rings (SSSR count). The van der Waals surface area contributed by atoms with Crippen molar-refractivity contribution in [3.8, 4) is 5.88 Å².